The quantitative estimate of drug-likeness (QED) is 0.837. The van der Waals surface area contributed by atoms with E-state index in [1.165, 1.54) is 12.3 Å². The highest BCUT2D eigenvalue weighted by Crippen LogP contribution is 2.21. The Balaban J connectivity index is 1.79. The first-order valence-electron chi connectivity index (χ1n) is 7.03. The normalized spacial score (nSPS) is 11.8. The minimum absolute atomic E-state index is 0.164. The number of furan rings is 1. The van der Waals surface area contributed by atoms with E-state index in [4.69, 9.17) is 27.6 Å². The van der Waals surface area contributed by atoms with Crippen molar-refractivity contribution in [3.05, 3.63) is 58.0 Å². The molecule has 0 saturated carbocycles. The third-order valence-corrected chi connectivity index (χ3v) is 3.78. The molecule has 122 valence electrons. The largest absolute Gasteiger partial charge is 0.459 e. The number of carbonyl (C=O) groups is 2. The molecule has 2 amide bonds. The van der Waals surface area contributed by atoms with Crippen LogP contribution in [0.3, 0.4) is 0 Å². The van der Waals surface area contributed by atoms with Gasteiger partial charge in [0.05, 0.1) is 6.26 Å². The highest BCUT2D eigenvalue weighted by atomic mass is 35.5. The molecule has 0 spiro atoms. The molecule has 0 aliphatic rings. The molecule has 5 nitrogen and oxygen atoms in total. The van der Waals surface area contributed by atoms with Crippen molar-refractivity contribution < 1.29 is 14.0 Å². The van der Waals surface area contributed by atoms with Gasteiger partial charge in [0.25, 0.3) is 5.91 Å². The zero-order valence-corrected chi connectivity index (χ0v) is 13.9. The molecule has 1 unspecified atom stereocenters. The van der Waals surface area contributed by atoms with Gasteiger partial charge in [0.15, 0.2) is 5.76 Å². The molecule has 1 heterocycles. The predicted octanol–water partition coefficient (Wildman–Crippen LogP) is 3.06. The number of rotatable bonds is 6. The molecule has 1 aromatic carbocycles. The van der Waals surface area contributed by atoms with Crippen LogP contribution in [0.2, 0.25) is 10.0 Å². The molecule has 23 heavy (non-hydrogen) atoms. The van der Waals surface area contributed by atoms with Gasteiger partial charge in [0, 0.05) is 16.6 Å². The van der Waals surface area contributed by atoms with Crippen LogP contribution in [0.4, 0.5) is 0 Å². The van der Waals surface area contributed by atoms with E-state index in [2.05, 4.69) is 10.6 Å². The fourth-order valence-electron chi connectivity index (χ4n) is 1.94. The lowest BCUT2D eigenvalue weighted by Crippen LogP contribution is -2.45. The highest BCUT2D eigenvalue weighted by molar-refractivity contribution is 6.35. The Labute approximate surface area is 144 Å². The van der Waals surface area contributed by atoms with Crippen molar-refractivity contribution >= 4 is 35.0 Å². The molecule has 0 saturated heterocycles. The first-order valence-corrected chi connectivity index (χ1v) is 7.79. The van der Waals surface area contributed by atoms with Crippen LogP contribution < -0.4 is 10.6 Å². The average Bonchev–Trinajstić information content (AvgIpc) is 3.03. The predicted molar refractivity (Wildman–Crippen MR) is 88.8 cm³/mol. The van der Waals surface area contributed by atoms with Gasteiger partial charge in [0.2, 0.25) is 5.91 Å². The smallest absolute Gasteiger partial charge is 0.287 e. The molecule has 7 heteroatoms. The summed E-state index contributed by atoms with van der Waals surface area (Å²) in [7, 11) is 0. The van der Waals surface area contributed by atoms with E-state index < -0.39 is 11.9 Å². The molecule has 2 N–H and O–H groups in total. The maximum Gasteiger partial charge on any atom is 0.287 e. The second-order valence-corrected chi connectivity index (χ2v) is 5.79. The SMILES string of the molecule is CC(NC(=O)c1ccco1)C(=O)NCCc1ccc(Cl)cc1Cl. The molecule has 0 aliphatic carbocycles. The first kappa shape index (κ1) is 17.4. The molecule has 2 aromatic rings. The molecule has 1 aromatic heterocycles. The highest BCUT2D eigenvalue weighted by Gasteiger charge is 2.17. The Morgan fingerprint density at radius 2 is 2.04 bits per heavy atom. The van der Waals surface area contributed by atoms with Crippen LogP contribution in [0.5, 0.6) is 0 Å². The Kier molecular flexibility index (Phi) is 6.07. The number of nitrogens with one attached hydrogen (secondary N) is 2. The molecular weight excluding hydrogens is 339 g/mol. The van der Waals surface area contributed by atoms with Crippen molar-refractivity contribution in [3.8, 4) is 0 Å². The fourth-order valence-corrected chi connectivity index (χ4v) is 2.44. The van der Waals surface area contributed by atoms with Gasteiger partial charge in [-0.15, -0.1) is 0 Å². The van der Waals surface area contributed by atoms with Gasteiger partial charge in [-0.3, -0.25) is 9.59 Å². The van der Waals surface area contributed by atoms with Crippen molar-refractivity contribution in [2.24, 2.45) is 0 Å². The zero-order valence-electron chi connectivity index (χ0n) is 12.4. The standard InChI is InChI=1S/C16H16Cl2N2O3/c1-10(20-16(22)14-3-2-8-23-14)15(21)19-7-6-11-4-5-12(17)9-13(11)18/h2-5,8-10H,6-7H2,1H3,(H,19,21)(H,20,22). The molecule has 2 rings (SSSR count). The molecule has 0 bridgehead atoms. The number of halogens is 2. The Hall–Kier alpha value is -1.98. The number of hydrogen-bond donors (Lipinski definition) is 2. The Bertz CT molecular complexity index is 687. The van der Waals surface area contributed by atoms with Crippen LogP contribution >= 0.6 is 23.2 Å². The van der Waals surface area contributed by atoms with Gasteiger partial charge >= 0.3 is 0 Å². The van der Waals surface area contributed by atoms with Crippen molar-refractivity contribution in [3.63, 3.8) is 0 Å². The number of carbonyl (C=O) groups excluding carboxylic acids is 2. The second kappa shape index (κ2) is 8.04. The summed E-state index contributed by atoms with van der Waals surface area (Å²) in [4.78, 5) is 23.7. The van der Waals surface area contributed by atoms with Crippen LogP contribution in [0, 0.1) is 0 Å². The molecule has 1 atom stereocenters. The minimum atomic E-state index is -0.673. The van der Waals surface area contributed by atoms with Crippen LogP contribution in [0.1, 0.15) is 23.0 Å². The molecular formula is C16H16Cl2N2O3. The molecule has 0 radical (unpaired) electrons. The number of amides is 2. The zero-order chi connectivity index (χ0) is 16.8. The summed E-state index contributed by atoms with van der Waals surface area (Å²) >= 11 is 11.9. The third kappa shape index (κ3) is 5.01. The van der Waals surface area contributed by atoms with E-state index in [0.29, 0.717) is 23.0 Å². The fraction of sp³-hybridized carbons (Fsp3) is 0.250. The Morgan fingerprint density at radius 1 is 1.26 bits per heavy atom. The third-order valence-electron chi connectivity index (χ3n) is 3.19. The summed E-state index contributed by atoms with van der Waals surface area (Å²) in [5.74, 6) is -0.550. The maximum atomic E-state index is 12.0. The monoisotopic (exact) mass is 354 g/mol. The minimum Gasteiger partial charge on any atom is -0.459 e. The van der Waals surface area contributed by atoms with E-state index in [1.807, 2.05) is 6.07 Å². The summed E-state index contributed by atoms with van der Waals surface area (Å²) in [5.41, 5.74) is 0.892. The molecule has 0 fully saturated rings. The van der Waals surface area contributed by atoms with Gasteiger partial charge in [0.1, 0.15) is 6.04 Å². The van der Waals surface area contributed by atoms with Crippen molar-refractivity contribution in [1.29, 1.82) is 0 Å². The van der Waals surface area contributed by atoms with Gasteiger partial charge < -0.3 is 15.1 Å². The van der Waals surface area contributed by atoms with Crippen molar-refractivity contribution in [2.75, 3.05) is 6.54 Å². The molecule has 0 aliphatic heterocycles. The summed E-state index contributed by atoms with van der Waals surface area (Å²) in [6.07, 6.45) is 1.97. The first-order chi connectivity index (χ1) is 11.0. The summed E-state index contributed by atoms with van der Waals surface area (Å²) < 4.78 is 4.97. The lowest BCUT2D eigenvalue weighted by Gasteiger charge is -2.13. The van der Waals surface area contributed by atoms with Gasteiger partial charge in [-0.2, -0.15) is 0 Å². The van der Waals surface area contributed by atoms with Crippen LogP contribution in [-0.4, -0.2) is 24.4 Å². The number of benzene rings is 1. The van der Waals surface area contributed by atoms with E-state index >= 15 is 0 Å². The Morgan fingerprint density at radius 3 is 2.70 bits per heavy atom. The van der Waals surface area contributed by atoms with E-state index in [1.54, 1.807) is 25.1 Å². The van der Waals surface area contributed by atoms with Gasteiger partial charge in [-0.1, -0.05) is 29.3 Å². The summed E-state index contributed by atoms with van der Waals surface area (Å²) in [5, 5.41) is 6.44. The van der Waals surface area contributed by atoms with Crippen molar-refractivity contribution in [1.82, 2.24) is 10.6 Å². The summed E-state index contributed by atoms with van der Waals surface area (Å²) in [6.45, 7) is 2.01. The maximum absolute atomic E-state index is 12.0. The van der Waals surface area contributed by atoms with E-state index in [-0.39, 0.29) is 11.7 Å². The lowest BCUT2D eigenvalue weighted by molar-refractivity contribution is -0.122. The van der Waals surface area contributed by atoms with E-state index in [0.717, 1.165) is 5.56 Å². The topological polar surface area (TPSA) is 71.3 Å². The van der Waals surface area contributed by atoms with Gasteiger partial charge in [-0.25, -0.2) is 0 Å². The van der Waals surface area contributed by atoms with Crippen LogP contribution in [-0.2, 0) is 11.2 Å². The van der Waals surface area contributed by atoms with E-state index in [9.17, 15) is 9.59 Å². The number of hydrogen-bond acceptors (Lipinski definition) is 3. The lowest BCUT2D eigenvalue weighted by atomic mass is 10.1. The summed E-state index contributed by atoms with van der Waals surface area (Å²) in [6, 6.07) is 7.69. The second-order valence-electron chi connectivity index (χ2n) is 4.95. The average molecular weight is 355 g/mol. The van der Waals surface area contributed by atoms with Crippen LogP contribution in [0.15, 0.2) is 41.0 Å². The van der Waals surface area contributed by atoms with Crippen LogP contribution in [0.25, 0.3) is 0 Å². The van der Waals surface area contributed by atoms with Gasteiger partial charge in [-0.05, 0) is 43.2 Å². The van der Waals surface area contributed by atoms with Crippen molar-refractivity contribution in [2.45, 2.75) is 19.4 Å².